The third-order valence-corrected chi connectivity index (χ3v) is 4.02. The van der Waals surface area contributed by atoms with E-state index in [4.69, 9.17) is 21.6 Å². The number of nitrogens with one attached hydrogen (secondary N) is 1. The van der Waals surface area contributed by atoms with E-state index >= 15 is 0 Å². The summed E-state index contributed by atoms with van der Waals surface area (Å²) in [7, 11) is 1.91. The fourth-order valence-corrected chi connectivity index (χ4v) is 2.87. The summed E-state index contributed by atoms with van der Waals surface area (Å²) in [6.07, 6.45) is 2.00. The van der Waals surface area contributed by atoms with E-state index in [0.717, 1.165) is 22.8 Å². The number of benzene rings is 2. The van der Waals surface area contributed by atoms with Gasteiger partial charge in [-0.05, 0) is 37.1 Å². The van der Waals surface area contributed by atoms with Crippen LogP contribution in [0.2, 0.25) is 5.02 Å². The van der Waals surface area contributed by atoms with E-state index in [1.165, 1.54) is 0 Å². The predicted octanol–water partition coefficient (Wildman–Crippen LogP) is 4.45. The summed E-state index contributed by atoms with van der Waals surface area (Å²) in [5.74, 6) is 1.20. The highest BCUT2D eigenvalue weighted by Gasteiger charge is 2.12. The number of halogens is 1. The molecule has 3 nitrogen and oxygen atoms in total. The first kappa shape index (κ1) is 15.7. The first-order valence-electron chi connectivity index (χ1n) is 6.37. The summed E-state index contributed by atoms with van der Waals surface area (Å²) < 4.78 is 5.93. The van der Waals surface area contributed by atoms with Crippen molar-refractivity contribution in [3.8, 4) is 17.6 Å². The summed E-state index contributed by atoms with van der Waals surface area (Å²) in [5, 5.41) is 12.8. The Kier molecular flexibility index (Phi) is 5.51. The van der Waals surface area contributed by atoms with Gasteiger partial charge in [0.1, 0.15) is 17.6 Å². The molecule has 5 heteroatoms. The first-order chi connectivity index (χ1) is 10.2. The number of nitrogens with zero attached hydrogens (tertiary/aromatic N) is 1. The highest BCUT2D eigenvalue weighted by Crippen LogP contribution is 2.36. The van der Waals surface area contributed by atoms with Crippen molar-refractivity contribution in [2.24, 2.45) is 0 Å². The average Bonchev–Trinajstić information content (AvgIpc) is 2.48. The zero-order valence-electron chi connectivity index (χ0n) is 11.8. The van der Waals surface area contributed by atoms with Crippen LogP contribution in [0.3, 0.4) is 0 Å². The van der Waals surface area contributed by atoms with Crippen LogP contribution >= 0.6 is 23.4 Å². The van der Waals surface area contributed by atoms with Gasteiger partial charge in [-0.15, -0.1) is 11.8 Å². The van der Waals surface area contributed by atoms with Crippen LogP contribution in [-0.2, 0) is 6.54 Å². The molecule has 0 spiro atoms. The molecule has 2 aromatic carbocycles. The molecule has 0 unspecified atom stereocenters. The van der Waals surface area contributed by atoms with Crippen molar-refractivity contribution in [3.63, 3.8) is 0 Å². The Hall–Kier alpha value is -1.67. The molecule has 0 radical (unpaired) electrons. The van der Waals surface area contributed by atoms with Crippen molar-refractivity contribution in [3.05, 3.63) is 52.5 Å². The van der Waals surface area contributed by atoms with E-state index in [1.54, 1.807) is 30.0 Å². The molecule has 0 saturated heterocycles. The monoisotopic (exact) mass is 318 g/mol. The molecule has 0 saturated carbocycles. The van der Waals surface area contributed by atoms with Gasteiger partial charge in [0.05, 0.1) is 10.5 Å². The lowest BCUT2D eigenvalue weighted by Gasteiger charge is -2.14. The molecule has 21 heavy (non-hydrogen) atoms. The van der Waals surface area contributed by atoms with Gasteiger partial charge in [0.15, 0.2) is 0 Å². The molecular formula is C16H15ClN2OS. The number of ether oxygens (including phenoxy) is 1. The molecular weight excluding hydrogens is 304 g/mol. The standard InChI is InChI=1S/C16H15ClN2OS/c1-19-10-12-4-3-5-14(16(12)21-2)20-15-8-13(17)7-6-11(15)9-18/h3-8,19H,10H2,1-2H3. The quantitative estimate of drug-likeness (QED) is 0.827. The van der Waals surface area contributed by atoms with Crippen molar-refractivity contribution in [1.29, 1.82) is 5.26 Å². The maximum absolute atomic E-state index is 9.16. The molecule has 0 bridgehead atoms. The Morgan fingerprint density at radius 1 is 1.29 bits per heavy atom. The molecule has 0 atom stereocenters. The molecule has 1 N–H and O–H groups in total. The largest absolute Gasteiger partial charge is 0.455 e. The Morgan fingerprint density at radius 2 is 2.10 bits per heavy atom. The van der Waals surface area contributed by atoms with Crippen molar-refractivity contribution < 1.29 is 4.74 Å². The zero-order chi connectivity index (χ0) is 15.2. The number of rotatable bonds is 5. The van der Waals surface area contributed by atoms with Gasteiger partial charge in [-0.1, -0.05) is 23.7 Å². The van der Waals surface area contributed by atoms with Gasteiger partial charge in [0.25, 0.3) is 0 Å². The van der Waals surface area contributed by atoms with Crippen molar-refractivity contribution in [2.75, 3.05) is 13.3 Å². The molecule has 2 rings (SSSR count). The second kappa shape index (κ2) is 7.37. The Morgan fingerprint density at radius 3 is 2.76 bits per heavy atom. The molecule has 108 valence electrons. The fraction of sp³-hybridized carbons (Fsp3) is 0.188. The van der Waals surface area contributed by atoms with Crippen LogP contribution in [-0.4, -0.2) is 13.3 Å². The number of hydrogen-bond donors (Lipinski definition) is 1. The van der Waals surface area contributed by atoms with E-state index in [2.05, 4.69) is 17.5 Å². The van der Waals surface area contributed by atoms with Crippen LogP contribution in [0.15, 0.2) is 41.3 Å². The second-order valence-corrected chi connectivity index (χ2v) is 5.59. The summed E-state index contributed by atoms with van der Waals surface area (Å²) in [6.45, 7) is 0.758. The number of thioether (sulfide) groups is 1. The van der Waals surface area contributed by atoms with Gasteiger partial charge >= 0.3 is 0 Å². The number of hydrogen-bond acceptors (Lipinski definition) is 4. The van der Waals surface area contributed by atoms with Gasteiger partial charge in [-0.3, -0.25) is 0 Å². The van der Waals surface area contributed by atoms with E-state index in [9.17, 15) is 0 Å². The minimum atomic E-state index is 0.463. The molecule has 0 aromatic heterocycles. The van der Waals surface area contributed by atoms with Crippen molar-refractivity contribution in [2.45, 2.75) is 11.4 Å². The van der Waals surface area contributed by atoms with Gasteiger partial charge in [-0.25, -0.2) is 0 Å². The summed E-state index contributed by atoms with van der Waals surface area (Å²) in [6, 6.07) is 13.0. The molecule has 0 heterocycles. The summed E-state index contributed by atoms with van der Waals surface area (Å²) in [4.78, 5) is 1.05. The number of nitriles is 1. The zero-order valence-corrected chi connectivity index (χ0v) is 13.4. The molecule has 0 aliphatic rings. The lowest BCUT2D eigenvalue weighted by molar-refractivity contribution is 0.467. The van der Waals surface area contributed by atoms with Crippen molar-refractivity contribution >= 4 is 23.4 Å². The maximum Gasteiger partial charge on any atom is 0.146 e. The topological polar surface area (TPSA) is 45.0 Å². The van der Waals surface area contributed by atoms with E-state index in [-0.39, 0.29) is 0 Å². The molecule has 0 amide bonds. The Bertz CT molecular complexity index is 682. The van der Waals surface area contributed by atoms with Gasteiger partial charge in [-0.2, -0.15) is 5.26 Å². The Balaban J connectivity index is 2.42. The average molecular weight is 319 g/mol. The van der Waals surface area contributed by atoms with E-state index in [1.807, 2.05) is 25.4 Å². The van der Waals surface area contributed by atoms with Crippen LogP contribution in [0.5, 0.6) is 11.5 Å². The highest BCUT2D eigenvalue weighted by atomic mass is 35.5. The maximum atomic E-state index is 9.16. The molecule has 2 aromatic rings. The van der Waals surface area contributed by atoms with E-state index < -0.39 is 0 Å². The van der Waals surface area contributed by atoms with Crippen LogP contribution in [0, 0.1) is 11.3 Å². The predicted molar refractivity (Wildman–Crippen MR) is 87.2 cm³/mol. The van der Waals surface area contributed by atoms with Crippen LogP contribution in [0.4, 0.5) is 0 Å². The SMILES string of the molecule is CNCc1cccc(Oc2cc(Cl)ccc2C#N)c1SC. The fourth-order valence-electron chi connectivity index (χ4n) is 1.99. The van der Waals surface area contributed by atoms with Crippen LogP contribution in [0.1, 0.15) is 11.1 Å². The lowest BCUT2D eigenvalue weighted by atomic mass is 10.2. The highest BCUT2D eigenvalue weighted by molar-refractivity contribution is 7.98. The van der Waals surface area contributed by atoms with Crippen LogP contribution in [0.25, 0.3) is 0 Å². The van der Waals surface area contributed by atoms with Gasteiger partial charge in [0, 0.05) is 17.6 Å². The molecule has 0 aliphatic carbocycles. The smallest absolute Gasteiger partial charge is 0.146 e. The minimum absolute atomic E-state index is 0.463. The van der Waals surface area contributed by atoms with Gasteiger partial charge in [0.2, 0.25) is 0 Å². The molecule has 0 fully saturated rings. The van der Waals surface area contributed by atoms with E-state index in [0.29, 0.717) is 16.3 Å². The van der Waals surface area contributed by atoms with Crippen molar-refractivity contribution in [1.82, 2.24) is 5.32 Å². The third kappa shape index (κ3) is 3.70. The lowest BCUT2D eigenvalue weighted by Crippen LogP contribution is -2.06. The second-order valence-electron chi connectivity index (χ2n) is 4.33. The van der Waals surface area contributed by atoms with Gasteiger partial charge < -0.3 is 10.1 Å². The molecule has 0 aliphatic heterocycles. The normalized spacial score (nSPS) is 10.2. The van der Waals surface area contributed by atoms with Crippen LogP contribution < -0.4 is 10.1 Å². The third-order valence-electron chi connectivity index (χ3n) is 2.92. The summed E-state index contributed by atoms with van der Waals surface area (Å²) >= 11 is 7.61. The minimum Gasteiger partial charge on any atom is -0.455 e. The summed E-state index contributed by atoms with van der Waals surface area (Å²) in [5.41, 5.74) is 1.62. The first-order valence-corrected chi connectivity index (χ1v) is 7.98. The Labute approximate surface area is 133 Å².